The first-order valence-electron chi connectivity index (χ1n) is 10.0. The molecule has 0 heterocycles. The molecule has 0 aliphatic carbocycles. The van der Waals surface area contributed by atoms with E-state index < -0.39 is 0 Å². The Morgan fingerprint density at radius 2 is 1.07 bits per heavy atom. The van der Waals surface area contributed by atoms with Crippen LogP contribution >= 0.6 is 0 Å². The van der Waals surface area contributed by atoms with Gasteiger partial charge in [0.25, 0.3) is 0 Å². The van der Waals surface area contributed by atoms with E-state index >= 15 is 0 Å². The van der Waals surface area contributed by atoms with E-state index in [1.807, 2.05) is 6.92 Å². The average molecular weight is 391 g/mol. The van der Waals surface area contributed by atoms with Crippen molar-refractivity contribution in [2.75, 3.05) is 65.9 Å². The molecule has 0 fully saturated rings. The molecule has 0 radical (unpaired) electrons. The number of unbranched alkanes of at least 4 members (excludes halogenated alkanes) is 1. The molecule has 0 saturated carbocycles. The second kappa shape index (κ2) is 21.1. The molecule has 2 N–H and O–H groups in total. The normalized spacial score (nSPS) is 10.7. The molecule has 27 heavy (non-hydrogen) atoms. The fourth-order valence-corrected chi connectivity index (χ4v) is 2.00. The Bertz CT molecular complexity index is 355. The number of carbonyl (C=O) groups is 2. The summed E-state index contributed by atoms with van der Waals surface area (Å²) in [5, 5.41) is 5.63. The largest absolute Gasteiger partial charge is 0.379 e. The molecule has 160 valence electrons. The summed E-state index contributed by atoms with van der Waals surface area (Å²) < 4.78 is 21.5. The predicted octanol–water partition coefficient (Wildman–Crippen LogP) is 1.28. The van der Waals surface area contributed by atoms with E-state index in [9.17, 15) is 9.59 Å². The summed E-state index contributed by atoms with van der Waals surface area (Å²) in [6, 6.07) is 0. The van der Waals surface area contributed by atoms with Crippen LogP contribution < -0.4 is 10.6 Å². The summed E-state index contributed by atoms with van der Waals surface area (Å²) in [4.78, 5) is 22.6. The first kappa shape index (κ1) is 25.8. The van der Waals surface area contributed by atoms with Crippen LogP contribution in [-0.2, 0) is 28.5 Å². The highest BCUT2D eigenvalue weighted by Gasteiger charge is 2.00. The molecule has 0 aromatic rings. The molecule has 0 aromatic carbocycles. The Balaban J connectivity index is 3.12. The molecular weight excluding hydrogens is 352 g/mol. The van der Waals surface area contributed by atoms with Gasteiger partial charge in [-0.3, -0.25) is 9.59 Å². The van der Waals surface area contributed by atoms with E-state index in [-0.39, 0.29) is 11.8 Å². The van der Waals surface area contributed by atoms with Gasteiger partial charge in [-0.05, 0) is 12.8 Å². The fraction of sp³-hybridized carbons (Fsp3) is 0.895. The number of hydrogen-bond donors (Lipinski definition) is 2. The van der Waals surface area contributed by atoms with Crippen molar-refractivity contribution in [3.63, 3.8) is 0 Å². The molecular formula is C19H38N2O6. The van der Waals surface area contributed by atoms with Gasteiger partial charge in [0.15, 0.2) is 0 Å². The van der Waals surface area contributed by atoms with Crippen molar-refractivity contribution >= 4 is 11.8 Å². The van der Waals surface area contributed by atoms with Gasteiger partial charge in [-0.25, -0.2) is 0 Å². The number of rotatable bonds is 20. The van der Waals surface area contributed by atoms with Gasteiger partial charge in [-0.1, -0.05) is 20.3 Å². The zero-order chi connectivity index (χ0) is 20.0. The van der Waals surface area contributed by atoms with Crippen LogP contribution in [0.3, 0.4) is 0 Å². The highest BCUT2D eigenvalue weighted by molar-refractivity contribution is 5.76. The zero-order valence-corrected chi connectivity index (χ0v) is 17.1. The zero-order valence-electron chi connectivity index (χ0n) is 17.1. The van der Waals surface area contributed by atoms with Crippen molar-refractivity contribution in [1.29, 1.82) is 0 Å². The summed E-state index contributed by atoms with van der Waals surface area (Å²) in [5.41, 5.74) is 0. The Kier molecular flexibility index (Phi) is 20.1. The van der Waals surface area contributed by atoms with Gasteiger partial charge in [0, 0.05) is 25.9 Å². The molecule has 0 unspecified atom stereocenters. The molecule has 0 aliphatic heterocycles. The van der Waals surface area contributed by atoms with Crippen LogP contribution in [0.5, 0.6) is 0 Å². The number of hydrogen-bond acceptors (Lipinski definition) is 6. The molecule has 8 nitrogen and oxygen atoms in total. The Labute approximate surface area is 163 Å². The topological polar surface area (TPSA) is 95.1 Å². The van der Waals surface area contributed by atoms with Crippen molar-refractivity contribution in [1.82, 2.24) is 10.6 Å². The van der Waals surface area contributed by atoms with E-state index in [2.05, 4.69) is 17.6 Å². The van der Waals surface area contributed by atoms with Gasteiger partial charge in [-0.15, -0.1) is 0 Å². The van der Waals surface area contributed by atoms with Gasteiger partial charge in [0.1, 0.15) is 0 Å². The third-order valence-electron chi connectivity index (χ3n) is 3.49. The first-order chi connectivity index (χ1) is 13.2. The van der Waals surface area contributed by atoms with Crippen LogP contribution in [0.25, 0.3) is 0 Å². The van der Waals surface area contributed by atoms with Gasteiger partial charge < -0.3 is 29.6 Å². The monoisotopic (exact) mass is 390 g/mol. The quantitative estimate of drug-likeness (QED) is 0.304. The summed E-state index contributed by atoms with van der Waals surface area (Å²) in [7, 11) is 0. The van der Waals surface area contributed by atoms with Crippen LogP contribution in [0.1, 0.15) is 46.0 Å². The molecule has 0 saturated heterocycles. The van der Waals surface area contributed by atoms with Gasteiger partial charge >= 0.3 is 0 Å². The molecule has 0 rings (SSSR count). The number of nitrogens with one attached hydrogen (secondary N) is 2. The van der Waals surface area contributed by atoms with E-state index in [1.165, 1.54) is 0 Å². The van der Waals surface area contributed by atoms with Crippen molar-refractivity contribution in [2.45, 2.75) is 46.0 Å². The lowest BCUT2D eigenvalue weighted by molar-refractivity contribution is -0.122. The lowest BCUT2D eigenvalue weighted by atomic mass is 10.3. The van der Waals surface area contributed by atoms with Gasteiger partial charge in [0.05, 0.1) is 52.9 Å². The minimum Gasteiger partial charge on any atom is -0.379 e. The van der Waals surface area contributed by atoms with Crippen LogP contribution in [0.2, 0.25) is 0 Å². The summed E-state index contributed by atoms with van der Waals surface area (Å²) in [5.74, 6) is 0.0945. The number of amides is 2. The lowest BCUT2D eigenvalue weighted by Crippen LogP contribution is -2.27. The second-order valence-corrected chi connectivity index (χ2v) is 6.00. The minimum absolute atomic E-state index is 0.0309. The van der Waals surface area contributed by atoms with E-state index in [0.717, 1.165) is 25.8 Å². The molecule has 0 bridgehead atoms. The minimum atomic E-state index is 0.0309. The summed E-state index contributed by atoms with van der Waals surface area (Å²) in [6.45, 7) is 9.16. The Hall–Kier alpha value is -1.22. The van der Waals surface area contributed by atoms with Crippen molar-refractivity contribution in [2.24, 2.45) is 0 Å². The maximum absolute atomic E-state index is 11.4. The van der Waals surface area contributed by atoms with Gasteiger partial charge in [0.2, 0.25) is 11.8 Å². The van der Waals surface area contributed by atoms with Gasteiger partial charge in [-0.2, -0.15) is 0 Å². The second-order valence-electron chi connectivity index (χ2n) is 6.00. The molecule has 0 spiro atoms. The third-order valence-corrected chi connectivity index (χ3v) is 3.49. The third kappa shape index (κ3) is 20.9. The van der Waals surface area contributed by atoms with E-state index in [1.54, 1.807) is 0 Å². The van der Waals surface area contributed by atoms with Crippen LogP contribution in [0.4, 0.5) is 0 Å². The smallest absolute Gasteiger partial charge is 0.222 e. The Morgan fingerprint density at radius 3 is 1.63 bits per heavy atom. The highest BCUT2D eigenvalue weighted by Crippen LogP contribution is 1.88. The predicted molar refractivity (Wildman–Crippen MR) is 104 cm³/mol. The highest BCUT2D eigenvalue weighted by atomic mass is 16.6. The standard InChI is InChI=1S/C19H38N2O6/c1-3-5-8-20-19(23)7-10-24-12-14-26-16-17-27-15-13-25-11-9-21-18(22)6-4-2/h3-17H2,1-2H3,(H,20,23)(H,21,22). The van der Waals surface area contributed by atoms with Crippen molar-refractivity contribution in [3.05, 3.63) is 0 Å². The Morgan fingerprint density at radius 1 is 0.593 bits per heavy atom. The van der Waals surface area contributed by atoms with Crippen LogP contribution in [-0.4, -0.2) is 77.8 Å². The van der Waals surface area contributed by atoms with E-state index in [0.29, 0.717) is 72.2 Å². The SMILES string of the molecule is CCCCNC(=O)CCOCCOCCOCCOCCNC(=O)CCC. The maximum Gasteiger partial charge on any atom is 0.222 e. The summed E-state index contributed by atoms with van der Waals surface area (Å²) >= 11 is 0. The first-order valence-corrected chi connectivity index (χ1v) is 10.0. The average Bonchev–Trinajstić information content (AvgIpc) is 2.65. The van der Waals surface area contributed by atoms with Crippen molar-refractivity contribution < 1.29 is 28.5 Å². The number of ether oxygens (including phenoxy) is 4. The molecule has 0 atom stereocenters. The van der Waals surface area contributed by atoms with Crippen molar-refractivity contribution in [3.8, 4) is 0 Å². The molecule has 2 amide bonds. The lowest BCUT2D eigenvalue weighted by Gasteiger charge is -2.08. The van der Waals surface area contributed by atoms with Crippen LogP contribution in [0, 0.1) is 0 Å². The molecule has 0 aliphatic rings. The fourth-order valence-electron chi connectivity index (χ4n) is 2.00. The maximum atomic E-state index is 11.4. The van der Waals surface area contributed by atoms with E-state index in [4.69, 9.17) is 18.9 Å². The number of carbonyl (C=O) groups excluding carboxylic acids is 2. The van der Waals surface area contributed by atoms with Crippen LogP contribution in [0.15, 0.2) is 0 Å². The molecule has 0 aromatic heterocycles. The molecule has 8 heteroatoms. The summed E-state index contributed by atoms with van der Waals surface area (Å²) in [6.07, 6.45) is 3.87.